The number of anilines is 6. The smallest absolute Gasteiger partial charge is 0.407 e. The number of methoxy groups -OCH3 is 1. The molecule has 0 unspecified atom stereocenters. The van der Waals surface area contributed by atoms with E-state index in [1.807, 2.05) is 246 Å². The zero-order valence-electron chi connectivity index (χ0n) is 80.1. The SMILES string of the molecule is CC(=O)N1c2ccc(-c3cc[nH]c3)cc2[C@H](NC(=O)OC(C)C)C[C@@H]1C.CC(=O)N1c2ccc(-c3ccco3)cc2[C@H](NC(=O)OC(C)C)C[C@@H]1C.CC(=O)N1c2ccc(-c3cccs3)cc2[C@H](NC(=O)OC(C)C)C[C@@H]1C.CC(=O)N1c2ccc(-c3ccoc3)cc2[C@H](NC(=O)OC(C)C)C[C@@H]1C.COC(=O)c1ccc(N[C@@H]2C[C@H](C)N(C(C)=O)c3ccc(-c4ccn(C)n4)cc32)cc1. The maximum Gasteiger partial charge on any atom is 0.407 e. The van der Waals surface area contributed by atoms with Gasteiger partial charge in [0, 0.05) is 146 Å². The maximum atomic E-state index is 12.4. The summed E-state index contributed by atoms with van der Waals surface area (Å²) in [5.41, 5.74) is 18.2. The van der Waals surface area contributed by atoms with Crippen molar-refractivity contribution in [3.63, 3.8) is 0 Å². The van der Waals surface area contributed by atoms with Gasteiger partial charge in [0.05, 0.1) is 91.8 Å². The minimum absolute atomic E-state index is 0.00284. The van der Waals surface area contributed by atoms with Gasteiger partial charge in [-0.05, 0) is 305 Å². The summed E-state index contributed by atoms with van der Waals surface area (Å²) in [6.45, 7) is 32.4. The van der Waals surface area contributed by atoms with Crippen LogP contribution in [0.5, 0.6) is 0 Å². The number of benzene rings is 6. The van der Waals surface area contributed by atoms with E-state index in [0.717, 1.165) is 124 Å². The number of aromatic nitrogens is 3. The minimum Gasteiger partial charge on any atom is -0.472 e. The summed E-state index contributed by atoms with van der Waals surface area (Å²) in [5, 5.41) is 21.9. The molecule has 6 aromatic carbocycles. The lowest BCUT2D eigenvalue weighted by molar-refractivity contribution is -0.118. The van der Waals surface area contributed by atoms with Crippen LogP contribution in [0.4, 0.5) is 53.3 Å². The van der Waals surface area contributed by atoms with Gasteiger partial charge in [-0.2, -0.15) is 5.10 Å². The molecule has 5 aliphatic rings. The van der Waals surface area contributed by atoms with Crippen molar-refractivity contribution >= 4 is 105 Å². The molecule has 16 rings (SSSR count). The summed E-state index contributed by atoms with van der Waals surface area (Å²) < 4.78 is 38.2. The van der Waals surface area contributed by atoms with Gasteiger partial charge in [-0.15, -0.1) is 11.3 Å². The van der Waals surface area contributed by atoms with Gasteiger partial charge in [0.1, 0.15) is 5.76 Å². The monoisotopic (exact) mass is 1860 g/mol. The van der Waals surface area contributed by atoms with Crippen LogP contribution in [0.15, 0.2) is 209 Å². The second-order valence-electron chi connectivity index (χ2n) is 35.5. The Labute approximate surface area is 792 Å². The summed E-state index contributed by atoms with van der Waals surface area (Å²) in [4.78, 5) is 135. The van der Waals surface area contributed by atoms with Crippen LogP contribution in [-0.2, 0) is 54.7 Å². The molecule has 0 radical (unpaired) electrons. The number of fused-ring (bicyclic) bond motifs is 5. The topological polar surface area (TPSA) is 353 Å². The molecular weight excluding hydrogens is 1740 g/mol. The van der Waals surface area contributed by atoms with E-state index in [0.29, 0.717) is 31.2 Å². The fourth-order valence-electron chi connectivity index (χ4n) is 18.2. The van der Waals surface area contributed by atoms with Crippen molar-refractivity contribution in [2.24, 2.45) is 7.05 Å². The van der Waals surface area contributed by atoms with Gasteiger partial charge in [-0.1, -0.05) is 30.3 Å². The quantitative estimate of drug-likeness (QED) is 0.0386. The predicted molar refractivity (Wildman–Crippen MR) is 523 cm³/mol. The van der Waals surface area contributed by atoms with E-state index in [1.54, 1.807) is 101 Å². The Morgan fingerprint density at radius 2 is 0.793 bits per heavy atom. The summed E-state index contributed by atoms with van der Waals surface area (Å²) in [7, 11) is 3.26. The Morgan fingerprint density at radius 3 is 1.14 bits per heavy atom. The number of ether oxygens (including phenoxy) is 5. The molecule has 0 saturated heterocycles. The van der Waals surface area contributed by atoms with Gasteiger partial charge >= 0.3 is 30.3 Å². The van der Waals surface area contributed by atoms with Crippen LogP contribution < -0.4 is 51.1 Å². The van der Waals surface area contributed by atoms with Crippen LogP contribution in [-0.4, -0.2) is 136 Å². The molecule has 5 aromatic heterocycles. The van der Waals surface area contributed by atoms with E-state index >= 15 is 0 Å². The molecule has 5 aliphatic heterocycles. The number of nitrogens with one attached hydrogen (secondary N) is 6. The Morgan fingerprint density at radius 1 is 0.415 bits per heavy atom. The summed E-state index contributed by atoms with van der Waals surface area (Å²) in [5.74, 6) is 0.373. The second kappa shape index (κ2) is 44.5. The number of thiophene rings is 1. The van der Waals surface area contributed by atoms with Crippen LogP contribution in [0.3, 0.4) is 0 Å². The van der Waals surface area contributed by atoms with Gasteiger partial charge in [-0.3, -0.25) is 28.7 Å². The standard InChI is InChI=1S/C24H26N4O3.C20H25N3O3.2C20H24N2O4.C20H24N2O3S/c1-15-13-22(25-19-8-5-17(6-9-19)24(30)31-4)20-14-18(21-11-12-27(3)26-21)7-10-23(20)28(15)16(2)29;1-12(2)26-20(25)22-18-9-13(3)23(14(4)24)19-6-5-15(10-17(18)19)16-7-8-21-11-16;1-12(2)26-20(24)21-18-9-13(3)22(14(4)23)19-6-5-15(10-17(18)19)16-7-8-25-11-16;1-12(2)26-20(24)21-17-10-13(3)22(14(4)23)18-8-7-15(11-16(17)18)19-6-5-9-25-19;1-12(2)25-20(24)21-17-10-13(3)22(14(4)23)18-8-7-15(11-16(17)18)19-6-5-9-26-19/h5-12,14-15,22,25H,13H2,1-4H3;5-8,10-13,18,21H,9H2,1-4H3,(H,22,25);5-8,10-13,18H,9H2,1-4H3,(H,21,24);2*5-9,11-13,17H,10H2,1-4H3,(H,21,24)/t15-,22+;2*13-,18+;2*13-,17+/m00000/s1. The van der Waals surface area contributed by atoms with Gasteiger partial charge in [0.15, 0.2) is 0 Å². The molecule has 135 heavy (non-hydrogen) atoms. The number of alkyl carbamates (subject to hydrolysis) is 4. The van der Waals surface area contributed by atoms with Crippen molar-refractivity contribution in [3.8, 4) is 55.3 Å². The highest BCUT2D eigenvalue weighted by Crippen LogP contribution is 2.47. The van der Waals surface area contributed by atoms with Gasteiger partial charge in [0.25, 0.3) is 0 Å². The number of esters is 1. The third kappa shape index (κ3) is 24.6. The van der Waals surface area contributed by atoms with Crippen LogP contribution in [0.2, 0.25) is 0 Å². The molecular formula is C104H123N13O17S. The lowest BCUT2D eigenvalue weighted by Gasteiger charge is -2.39. The number of amides is 9. The van der Waals surface area contributed by atoms with Crippen LogP contribution in [0.1, 0.15) is 225 Å². The average molecular weight is 1860 g/mol. The molecule has 712 valence electrons. The van der Waals surface area contributed by atoms with Crippen molar-refractivity contribution in [3.05, 3.63) is 234 Å². The summed E-state index contributed by atoms with van der Waals surface area (Å²) in [6.07, 6.45) is 11.4. The summed E-state index contributed by atoms with van der Waals surface area (Å²) >= 11 is 1.67. The Bertz CT molecular complexity index is 5450. The number of carbonyl (C=O) groups is 10. The van der Waals surface area contributed by atoms with Crippen molar-refractivity contribution in [2.45, 2.75) is 242 Å². The second-order valence-corrected chi connectivity index (χ2v) is 36.5. The Hall–Kier alpha value is -14.2. The minimum atomic E-state index is -0.456. The van der Waals surface area contributed by atoms with E-state index in [9.17, 15) is 47.9 Å². The Kier molecular flexibility index (Phi) is 32.9. The number of hydrogen-bond donors (Lipinski definition) is 6. The van der Waals surface area contributed by atoms with E-state index in [2.05, 4.69) is 61.8 Å². The zero-order valence-corrected chi connectivity index (χ0v) is 81.0. The molecule has 0 aliphatic carbocycles. The highest BCUT2D eigenvalue weighted by molar-refractivity contribution is 7.13. The number of hydrogen-bond acceptors (Lipinski definition) is 20. The maximum absolute atomic E-state index is 12.4. The first kappa shape index (κ1) is 99.8. The number of carbonyl (C=O) groups excluding carboxylic acids is 10. The Balaban J connectivity index is 0.000000152. The summed E-state index contributed by atoms with van der Waals surface area (Å²) in [6, 6.07) is 49.9. The molecule has 0 fully saturated rings. The fraction of sp³-hybridized carbons (Fsp3) is 0.375. The molecule has 30 nitrogen and oxygen atoms in total. The lowest BCUT2D eigenvalue weighted by Crippen LogP contribution is -2.45. The normalized spacial score (nSPS) is 18.9. The number of nitrogens with zero attached hydrogens (tertiary/aromatic N) is 7. The molecule has 10 heterocycles. The zero-order chi connectivity index (χ0) is 97.5. The first-order valence-electron chi connectivity index (χ1n) is 45.6. The molecule has 0 spiro atoms. The number of H-pyrrole nitrogens is 1. The van der Waals surface area contributed by atoms with E-state index in [-0.39, 0.29) is 120 Å². The molecule has 11 aromatic rings. The predicted octanol–water partition coefficient (Wildman–Crippen LogP) is 21.4. The van der Waals surface area contributed by atoms with Gasteiger partial charge < -0.3 is 88.6 Å². The van der Waals surface area contributed by atoms with Crippen LogP contribution in [0.25, 0.3) is 55.3 Å². The average Bonchev–Trinajstić information content (AvgIpc) is 1.27. The van der Waals surface area contributed by atoms with Crippen LogP contribution in [0, 0.1) is 0 Å². The van der Waals surface area contributed by atoms with E-state index in [1.165, 1.54) is 7.11 Å². The fourth-order valence-corrected chi connectivity index (χ4v) is 18.9. The molecule has 9 amide bonds. The van der Waals surface area contributed by atoms with Crippen molar-refractivity contribution < 1.29 is 80.5 Å². The van der Waals surface area contributed by atoms with E-state index < -0.39 is 24.4 Å². The van der Waals surface area contributed by atoms with Crippen molar-refractivity contribution in [1.82, 2.24) is 36.0 Å². The van der Waals surface area contributed by atoms with E-state index in [4.69, 9.17) is 32.5 Å². The third-order valence-electron chi connectivity index (χ3n) is 23.7. The molecule has 31 heteroatoms. The number of aromatic amines is 1. The first-order valence-corrected chi connectivity index (χ1v) is 46.5. The highest BCUT2D eigenvalue weighted by Gasteiger charge is 2.40. The van der Waals surface area contributed by atoms with Crippen LogP contribution >= 0.6 is 11.3 Å². The van der Waals surface area contributed by atoms with Gasteiger partial charge in [0.2, 0.25) is 29.5 Å². The number of rotatable bonds is 16. The molecule has 10 atom stereocenters. The molecule has 6 N–H and O–H groups in total. The van der Waals surface area contributed by atoms with Gasteiger partial charge in [-0.25, -0.2) is 24.0 Å². The number of aryl methyl sites for hydroxylation is 1. The lowest BCUT2D eigenvalue weighted by atomic mass is 9.89. The van der Waals surface area contributed by atoms with Crippen molar-refractivity contribution in [2.75, 3.05) is 36.9 Å². The number of furan rings is 2. The molecule has 0 saturated carbocycles. The third-order valence-corrected chi connectivity index (χ3v) is 24.6. The molecule has 0 bridgehead atoms. The van der Waals surface area contributed by atoms with Crippen molar-refractivity contribution in [1.29, 1.82) is 0 Å². The largest absolute Gasteiger partial charge is 0.472 e. The highest BCUT2D eigenvalue weighted by atomic mass is 32.1. The first-order chi connectivity index (χ1) is 64.3.